The molecule has 0 aliphatic heterocycles. The van der Waals surface area contributed by atoms with Crippen LogP contribution in [0.15, 0.2) is 4.99 Å². The summed E-state index contributed by atoms with van der Waals surface area (Å²) in [7, 11) is 0.912. The molecule has 0 aromatic rings. The molecule has 92 valence electrons. The second-order valence-electron chi connectivity index (χ2n) is 3.77. The number of carbonyl (C=O) groups excluding carboxylic acids is 2. The summed E-state index contributed by atoms with van der Waals surface area (Å²) in [4.78, 5) is 24.7. The molecule has 0 saturated carbocycles. The van der Waals surface area contributed by atoms with Crippen LogP contribution in [0.4, 0.5) is 13.6 Å². The van der Waals surface area contributed by atoms with Crippen molar-refractivity contribution in [2.24, 2.45) is 4.99 Å². The van der Waals surface area contributed by atoms with E-state index in [1.807, 2.05) is 0 Å². The van der Waals surface area contributed by atoms with E-state index in [0.717, 1.165) is 7.11 Å². The van der Waals surface area contributed by atoms with Crippen LogP contribution in [0, 0.1) is 0 Å². The molecule has 0 aliphatic carbocycles. The molecule has 5 nitrogen and oxygen atoms in total. The Bertz CT molecular complexity index is 307. The smallest absolute Gasteiger partial charge is 0.434 e. The van der Waals surface area contributed by atoms with Crippen molar-refractivity contribution in [3.8, 4) is 0 Å². The summed E-state index contributed by atoms with van der Waals surface area (Å²) < 4.78 is 33.3. The topological polar surface area (TPSA) is 65.0 Å². The zero-order chi connectivity index (χ0) is 12.9. The summed E-state index contributed by atoms with van der Waals surface area (Å²) in [5, 5.41) is 0. The van der Waals surface area contributed by atoms with E-state index in [0.29, 0.717) is 0 Å². The van der Waals surface area contributed by atoms with Gasteiger partial charge in [0.15, 0.2) is 5.71 Å². The minimum absolute atomic E-state index is 0.871. The lowest BCUT2D eigenvalue weighted by Gasteiger charge is -2.17. The van der Waals surface area contributed by atoms with Gasteiger partial charge < -0.3 is 9.47 Å². The van der Waals surface area contributed by atoms with Crippen LogP contribution in [0.3, 0.4) is 0 Å². The Labute approximate surface area is 91.4 Å². The molecule has 0 unspecified atom stereocenters. The minimum atomic E-state index is -3.19. The summed E-state index contributed by atoms with van der Waals surface area (Å²) >= 11 is 0. The van der Waals surface area contributed by atoms with E-state index in [1.54, 1.807) is 20.8 Å². The Morgan fingerprint density at radius 3 is 2.06 bits per heavy atom. The van der Waals surface area contributed by atoms with Crippen LogP contribution in [-0.2, 0) is 14.3 Å². The molecule has 0 radical (unpaired) electrons. The van der Waals surface area contributed by atoms with Gasteiger partial charge in [-0.05, 0) is 20.8 Å². The average Bonchev–Trinajstić information content (AvgIpc) is 2.09. The maximum absolute atomic E-state index is 12.3. The van der Waals surface area contributed by atoms with Crippen molar-refractivity contribution in [2.45, 2.75) is 32.8 Å². The molecule has 0 fully saturated rings. The van der Waals surface area contributed by atoms with E-state index in [1.165, 1.54) is 0 Å². The number of amides is 1. The Kier molecular flexibility index (Phi) is 5.00. The van der Waals surface area contributed by atoms with Crippen LogP contribution < -0.4 is 0 Å². The van der Waals surface area contributed by atoms with Gasteiger partial charge >= 0.3 is 12.1 Å². The fraction of sp³-hybridized carbons (Fsp3) is 0.667. The predicted molar refractivity (Wildman–Crippen MR) is 51.7 cm³/mol. The molecule has 16 heavy (non-hydrogen) atoms. The molecule has 0 aromatic carbocycles. The van der Waals surface area contributed by atoms with Crippen molar-refractivity contribution < 1.29 is 27.8 Å². The highest BCUT2D eigenvalue weighted by molar-refractivity contribution is 6.39. The van der Waals surface area contributed by atoms with E-state index in [4.69, 9.17) is 0 Å². The van der Waals surface area contributed by atoms with Crippen LogP contribution >= 0.6 is 0 Å². The number of nitrogens with zero attached hydrogens (tertiary/aromatic N) is 1. The maximum atomic E-state index is 12.3. The first-order chi connectivity index (χ1) is 7.17. The number of hydrogen-bond donors (Lipinski definition) is 0. The van der Waals surface area contributed by atoms with Crippen molar-refractivity contribution in [1.82, 2.24) is 0 Å². The molecule has 7 heteroatoms. The first kappa shape index (κ1) is 14.5. The van der Waals surface area contributed by atoms with Gasteiger partial charge in [0.05, 0.1) is 7.11 Å². The van der Waals surface area contributed by atoms with Crippen molar-refractivity contribution >= 4 is 17.8 Å². The number of hydrogen-bond acceptors (Lipinski definition) is 4. The molecule has 0 saturated heterocycles. The molecular weight excluding hydrogens is 224 g/mol. The summed E-state index contributed by atoms with van der Waals surface area (Å²) in [6, 6.07) is 0. The minimum Gasteiger partial charge on any atom is -0.464 e. The number of rotatable bonds is 2. The van der Waals surface area contributed by atoms with Crippen LogP contribution in [0.5, 0.6) is 0 Å². The third kappa shape index (κ3) is 5.38. The number of carbonyl (C=O) groups is 2. The molecule has 1 amide bonds. The van der Waals surface area contributed by atoms with Gasteiger partial charge in [-0.15, -0.1) is 0 Å². The molecule has 0 bridgehead atoms. The zero-order valence-corrected chi connectivity index (χ0v) is 9.41. The quantitative estimate of drug-likeness (QED) is 0.542. The summed E-state index contributed by atoms with van der Waals surface area (Å²) in [6.45, 7) is 4.63. The Morgan fingerprint density at radius 1 is 1.25 bits per heavy atom. The summed E-state index contributed by atoms with van der Waals surface area (Å²) in [5.41, 5.74) is -2.14. The van der Waals surface area contributed by atoms with Gasteiger partial charge in [-0.1, -0.05) is 0 Å². The summed E-state index contributed by atoms with van der Waals surface area (Å²) in [5.74, 6) is -1.36. The SMILES string of the molecule is COC(=O)/C(=N\C(=O)OC(C)(C)C)C(F)F. The lowest BCUT2D eigenvalue weighted by Crippen LogP contribution is -2.28. The van der Waals surface area contributed by atoms with Gasteiger partial charge in [0.2, 0.25) is 0 Å². The van der Waals surface area contributed by atoms with Crippen molar-refractivity contribution in [3.63, 3.8) is 0 Å². The fourth-order valence-corrected chi connectivity index (χ4v) is 0.671. The summed E-state index contributed by atoms with van der Waals surface area (Å²) in [6.07, 6.45) is -4.45. The molecular formula is C9H13F2NO4. The fourth-order valence-electron chi connectivity index (χ4n) is 0.671. The second-order valence-corrected chi connectivity index (χ2v) is 3.77. The molecule has 0 atom stereocenters. The lowest BCUT2D eigenvalue weighted by atomic mass is 10.2. The molecule has 0 spiro atoms. The monoisotopic (exact) mass is 237 g/mol. The Hall–Kier alpha value is -1.53. The predicted octanol–water partition coefficient (Wildman–Crippen LogP) is 1.80. The van der Waals surface area contributed by atoms with Gasteiger partial charge in [-0.25, -0.2) is 18.4 Å². The number of halogens is 2. The van der Waals surface area contributed by atoms with Gasteiger partial charge in [0, 0.05) is 0 Å². The molecule has 0 aliphatic rings. The highest BCUT2D eigenvalue weighted by atomic mass is 19.3. The Balaban J connectivity index is 4.81. The van der Waals surface area contributed by atoms with E-state index in [-0.39, 0.29) is 0 Å². The van der Waals surface area contributed by atoms with Gasteiger partial charge in [0.1, 0.15) is 5.60 Å². The number of aliphatic imine (C=N–C) groups is 1. The molecule has 0 heterocycles. The van der Waals surface area contributed by atoms with Crippen LogP contribution in [0.25, 0.3) is 0 Å². The van der Waals surface area contributed by atoms with E-state index >= 15 is 0 Å². The number of methoxy groups -OCH3 is 1. The normalized spacial score (nSPS) is 12.6. The lowest BCUT2D eigenvalue weighted by molar-refractivity contribution is -0.133. The Morgan fingerprint density at radius 2 is 1.75 bits per heavy atom. The molecule has 0 rings (SSSR count). The first-order valence-corrected chi connectivity index (χ1v) is 4.35. The van der Waals surface area contributed by atoms with E-state index in [9.17, 15) is 18.4 Å². The van der Waals surface area contributed by atoms with Crippen LogP contribution in [0.1, 0.15) is 20.8 Å². The number of ether oxygens (including phenoxy) is 2. The van der Waals surface area contributed by atoms with Crippen LogP contribution in [-0.4, -0.2) is 36.9 Å². The third-order valence-electron chi connectivity index (χ3n) is 1.21. The standard InChI is InChI=1S/C9H13F2NO4/c1-9(2,3)16-8(14)12-5(6(10)11)7(13)15-4/h6H,1-4H3/b12-5-. The third-order valence-corrected chi connectivity index (χ3v) is 1.21. The average molecular weight is 237 g/mol. The zero-order valence-electron chi connectivity index (χ0n) is 9.41. The number of alkyl halides is 2. The van der Waals surface area contributed by atoms with E-state index < -0.39 is 29.8 Å². The highest BCUT2D eigenvalue weighted by Gasteiger charge is 2.26. The van der Waals surface area contributed by atoms with Crippen LogP contribution in [0.2, 0.25) is 0 Å². The first-order valence-electron chi connectivity index (χ1n) is 4.35. The highest BCUT2D eigenvalue weighted by Crippen LogP contribution is 2.09. The van der Waals surface area contributed by atoms with Gasteiger partial charge in [0.25, 0.3) is 6.43 Å². The van der Waals surface area contributed by atoms with Crippen molar-refractivity contribution in [3.05, 3.63) is 0 Å². The van der Waals surface area contributed by atoms with Crippen molar-refractivity contribution in [2.75, 3.05) is 7.11 Å². The number of esters is 1. The molecule has 0 aromatic heterocycles. The van der Waals surface area contributed by atoms with Gasteiger partial charge in [-0.3, -0.25) is 0 Å². The maximum Gasteiger partial charge on any atom is 0.434 e. The van der Waals surface area contributed by atoms with Crippen molar-refractivity contribution in [1.29, 1.82) is 0 Å². The van der Waals surface area contributed by atoms with Gasteiger partial charge in [-0.2, -0.15) is 4.99 Å². The largest absolute Gasteiger partial charge is 0.464 e. The van der Waals surface area contributed by atoms with E-state index in [2.05, 4.69) is 14.5 Å². The molecule has 0 N–H and O–H groups in total. The second kappa shape index (κ2) is 5.53.